The Labute approximate surface area is 163 Å². The number of piperidine rings is 2. The number of imide groups is 2. The molecule has 0 spiro atoms. The van der Waals surface area contributed by atoms with E-state index in [-0.39, 0.29) is 18.7 Å². The Bertz CT molecular complexity index is 853. The van der Waals surface area contributed by atoms with Crippen LogP contribution < -0.4 is 16.0 Å². The molecule has 28 heavy (non-hydrogen) atoms. The molecule has 3 atom stereocenters. The number of rotatable bonds is 4. The Hall–Kier alpha value is -2.58. The van der Waals surface area contributed by atoms with Crippen molar-refractivity contribution < 1.29 is 19.2 Å². The average Bonchev–Trinajstić information content (AvgIpc) is 2.93. The van der Waals surface area contributed by atoms with Crippen molar-refractivity contribution in [1.82, 2.24) is 20.9 Å². The smallest absolute Gasteiger partial charge is 0.262 e. The Morgan fingerprint density at radius 3 is 2.71 bits per heavy atom. The van der Waals surface area contributed by atoms with Crippen LogP contribution in [0, 0.1) is 0 Å². The first-order valence-electron chi connectivity index (χ1n) is 9.77. The fraction of sp³-hybridized carbons (Fsp3) is 0.500. The van der Waals surface area contributed by atoms with E-state index in [4.69, 9.17) is 0 Å². The van der Waals surface area contributed by atoms with Gasteiger partial charge in [0.05, 0.1) is 11.1 Å². The van der Waals surface area contributed by atoms with Crippen LogP contribution >= 0.6 is 0 Å². The summed E-state index contributed by atoms with van der Waals surface area (Å²) in [6, 6.07) is 4.92. The van der Waals surface area contributed by atoms with Crippen LogP contribution in [0.1, 0.15) is 58.9 Å². The molecule has 4 amide bonds. The van der Waals surface area contributed by atoms with Crippen LogP contribution in [0.4, 0.5) is 0 Å². The molecule has 0 radical (unpaired) electrons. The van der Waals surface area contributed by atoms with Gasteiger partial charge >= 0.3 is 0 Å². The van der Waals surface area contributed by atoms with Crippen LogP contribution in [0.5, 0.6) is 0 Å². The second-order valence-corrected chi connectivity index (χ2v) is 7.66. The van der Waals surface area contributed by atoms with Gasteiger partial charge in [-0.3, -0.25) is 29.4 Å². The van der Waals surface area contributed by atoms with Crippen LogP contribution in [-0.2, 0) is 16.1 Å². The molecule has 148 valence electrons. The van der Waals surface area contributed by atoms with Gasteiger partial charge in [0.2, 0.25) is 11.8 Å². The van der Waals surface area contributed by atoms with E-state index in [0.29, 0.717) is 29.8 Å². The summed E-state index contributed by atoms with van der Waals surface area (Å²) in [5.41, 5.74) is 1.44. The van der Waals surface area contributed by atoms with Crippen molar-refractivity contribution in [2.75, 3.05) is 6.54 Å². The first-order chi connectivity index (χ1) is 13.5. The van der Waals surface area contributed by atoms with E-state index in [1.54, 1.807) is 12.1 Å². The Balaban J connectivity index is 1.56. The molecule has 1 aromatic carbocycles. The summed E-state index contributed by atoms with van der Waals surface area (Å²) in [5.74, 6) is -1.89. The van der Waals surface area contributed by atoms with E-state index in [1.807, 2.05) is 6.07 Å². The van der Waals surface area contributed by atoms with Gasteiger partial charge in [-0.25, -0.2) is 0 Å². The molecule has 3 heterocycles. The molecule has 4 rings (SSSR count). The highest BCUT2D eigenvalue weighted by molar-refractivity contribution is 6.24. The van der Waals surface area contributed by atoms with Crippen LogP contribution in [0.25, 0.3) is 0 Å². The van der Waals surface area contributed by atoms with Crippen molar-refractivity contribution in [3.63, 3.8) is 0 Å². The molecule has 0 aliphatic carbocycles. The number of benzene rings is 1. The Morgan fingerprint density at radius 2 is 1.96 bits per heavy atom. The lowest BCUT2D eigenvalue weighted by Gasteiger charge is -2.31. The molecular weight excluding hydrogens is 360 g/mol. The zero-order valence-corrected chi connectivity index (χ0v) is 15.8. The molecule has 0 saturated carbocycles. The molecule has 3 aliphatic rings. The summed E-state index contributed by atoms with van der Waals surface area (Å²) >= 11 is 0. The van der Waals surface area contributed by atoms with Gasteiger partial charge in [0.1, 0.15) is 6.04 Å². The quantitative estimate of drug-likeness (QED) is 0.646. The third-order valence-corrected chi connectivity index (χ3v) is 5.87. The van der Waals surface area contributed by atoms with Crippen molar-refractivity contribution in [2.45, 2.75) is 57.3 Å². The SMILES string of the molecule is C[C@H]1NCCC[C@H]1NCc1cccc2c1C(=O)N(C1CCC(=O)NC1=O)C2=O. The normalized spacial score (nSPS) is 27.8. The lowest BCUT2D eigenvalue weighted by atomic mass is 9.98. The third-order valence-electron chi connectivity index (χ3n) is 5.87. The van der Waals surface area contributed by atoms with Crippen molar-refractivity contribution in [3.05, 3.63) is 34.9 Å². The van der Waals surface area contributed by atoms with E-state index < -0.39 is 23.8 Å². The maximum atomic E-state index is 13.1. The molecule has 0 bridgehead atoms. The minimum absolute atomic E-state index is 0.116. The van der Waals surface area contributed by atoms with Gasteiger partial charge in [-0.1, -0.05) is 12.1 Å². The molecule has 1 aromatic rings. The zero-order valence-electron chi connectivity index (χ0n) is 15.8. The number of nitrogens with one attached hydrogen (secondary N) is 3. The van der Waals surface area contributed by atoms with Crippen molar-refractivity contribution >= 4 is 23.6 Å². The minimum atomic E-state index is -0.937. The second kappa shape index (κ2) is 7.44. The molecule has 8 nitrogen and oxygen atoms in total. The summed E-state index contributed by atoms with van der Waals surface area (Å²) in [4.78, 5) is 50.5. The lowest BCUT2D eigenvalue weighted by molar-refractivity contribution is -0.136. The van der Waals surface area contributed by atoms with Crippen LogP contribution in [0.2, 0.25) is 0 Å². The highest BCUT2D eigenvalue weighted by Gasteiger charge is 2.45. The number of carbonyl (C=O) groups excluding carboxylic acids is 4. The molecule has 8 heteroatoms. The van der Waals surface area contributed by atoms with Gasteiger partial charge in [-0.2, -0.15) is 0 Å². The zero-order chi connectivity index (χ0) is 19.8. The molecule has 3 N–H and O–H groups in total. The largest absolute Gasteiger partial charge is 0.313 e. The predicted octanol–water partition coefficient (Wildman–Crippen LogP) is 0.318. The standard InChI is InChI=1S/C20H24N4O4/c1-11-14(6-3-9-21-11)22-10-12-4-2-5-13-17(12)20(28)24(19(13)27)15-7-8-16(25)23-18(15)26/h2,4-5,11,14-15,21-22H,3,6-10H2,1H3,(H,23,25,26)/t11-,14-,15?/m1/s1. The van der Waals surface area contributed by atoms with Gasteiger partial charge in [-0.15, -0.1) is 0 Å². The van der Waals surface area contributed by atoms with E-state index >= 15 is 0 Å². The van der Waals surface area contributed by atoms with Gasteiger partial charge in [0, 0.05) is 25.0 Å². The summed E-state index contributed by atoms with van der Waals surface area (Å²) in [5, 5.41) is 9.14. The highest BCUT2D eigenvalue weighted by atomic mass is 16.2. The van der Waals surface area contributed by atoms with E-state index in [0.717, 1.165) is 29.8 Å². The fourth-order valence-corrected chi connectivity index (χ4v) is 4.30. The number of hydrogen-bond donors (Lipinski definition) is 3. The molecule has 0 aromatic heterocycles. The van der Waals surface area contributed by atoms with Crippen molar-refractivity contribution in [3.8, 4) is 0 Å². The van der Waals surface area contributed by atoms with Gasteiger partial charge in [0.25, 0.3) is 11.8 Å². The van der Waals surface area contributed by atoms with Gasteiger partial charge in [-0.05, 0) is 44.4 Å². The lowest BCUT2D eigenvalue weighted by Crippen LogP contribution is -2.54. The second-order valence-electron chi connectivity index (χ2n) is 7.66. The maximum Gasteiger partial charge on any atom is 0.262 e. The third kappa shape index (κ3) is 3.22. The summed E-state index contributed by atoms with van der Waals surface area (Å²) in [6.07, 6.45) is 2.42. The number of amides is 4. The highest BCUT2D eigenvalue weighted by Crippen LogP contribution is 2.30. The number of fused-ring (bicyclic) bond motifs is 1. The van der Waals surface area contributed by atoms with Crippen molar-refractivity contribution in [1.29, 1.82) is 0 Å². The number of hydrogen-bond acceptors (Lipinski definition) is 6. The molecule has 2 saturated heterocycles. The molecule has 2 fully saturated rings. The molecule has 1 unspecified atom stereocenters. The minimum Gasteiger partial charge on any atom is -0.313 e. The fourth-order valence-electron chi connectivity index (χ4n) is 4.30. The van der Waals surface area contributed by atoms with Crippen LogP contribution in [-0.4, -0.2) is 53.2 Å². The van der Waals surface area contributed by atoms with Crippen molar-refractivity contribution in [2.24, 2.45) is 0 Å². The van der Waals surface area contributed by atoms with E-state index in [2.05, 4.69) is 22.9 Å². The summed E-state index contributed by atoms with van der Waals surface area (Å²) in [7, 11) is 0. The van der Waals surface area contributed by atoms with E-state index in [9.17, 15) is 19.2 Å². The average molecular weight is 384 g/mol. The van der Waals surface area contributed by atoms with Gasteiger partial charge in [0.15, 0.2) is 0 Å². The molecular formula is C20H24N4O4. The monoisotopic (exact) mass is 384 g/mol. The summed E-state index contributed by atoms with van der Waals surface area (Å²) < 4.78 is 0. The predicted molar refractivity (Wildman–Crippen MR) is 100 cm³/mol. The van der Waals surface area contributed by atoms with Crippen LogP contribution in [0.15, 0.2) is 18.2 Å². The van der Waals surface area contributed by atoms with E-state index in [1.165, 1.54) is 0 Å². The first-order valence-corrected chi connectivity index (χ1v) is 9.77. The first kappa shape index (κ1) is 18.8. The number of carbonyl (C=O) groups is 4. The number of nitrogens with zero attached hydrogens (tertiary/aromatic N) is 1. The van der Waals surface area contributed by atoms with Gasteiger partial charge < -0.3 is 10.6 Å². The summed E-state index contributed by atoms with van der Waals surface area (Å²) in [6.45, 7) is 3.61. The molecule has 3 aliphatic heterocycles. The maximum absolute atomic E-state index is 13.1. The van der Waals surface area contributed by atoms with Crippen LogP contribution in [0.3, 0.4) is 0 Å². The topological polar surface area (TPSA) is 108 Å². The Kier molecular flexibility index (Phi) is 4.99. The Morgan fingerprint density at radius 1 is 1.14 bits per heavy atom.